The number of rotatable bonds is 14. The second-order valence-electron chi connectivity index (χ2n) is 8.19. The van der Waals surface area contributed by atoms with E-state index in [0.29, 0.717) is 58.0 Å². The van der Waals surface area contributed by atoms with Gasteiger partial charge in [0.2, 0.25) is 5.91 Å². The summed E-state index contributed by atoms with van der Waals surface area (Å²) < 4.78 is 10.7. The fourth-order valence-corrected chi connectivity index (χ4v) is 4.39. The van der Waals surface area contributed by atoms with Crippen LogP contribution >= 0.6 is 0 Å². The van der Waals surface area contributed by atoms with Crippen LogP contribution in [0.25, 0.3) is 0 Å². The van der Waals surface area contributed by atoms with Crippen molar-refractivity contribution >= 4 is 24.1 Å². The quantitative estimate of drug-likeness (QED) is 0.174. The first kappa shape index (κ1) is 25.8. The molecule has 0 aliphatic carbocycles. The van der Waals surface area contributed by atoms with Crippen LogP contribution in [0.5, 0.6) is 0 Å². The zero-order valence-corrected chi connectivity index (χ0v) is 18.9. The lowest BCUT2D eigenvalue weighted by Gasteiger charge is -2.35. The van der Waals surface area contributed by atoms with Gasteiger partial charge in [-0.1, -0.05) is 12.2 Å². The van der Waals surface area contributed by atoms with Crippen LogP contribution in [-0.4, -0.2) is 78.4 Å². The standard InChI is InChI=1S/C24H36N2O6/c1-3-5-17-31-23(29)20-12-9-14-25(20)19(11-7-8-16-27)22(28)26-15-10-13-21(26)24(30)32-18-6-4-2/h3-4,16,19-21H,1-2,5-15,17-18H2/t19?,20-,21-/m1/s1. The van der Waals surface area contributed by atoms with Crippen LogP contribution in [0.15, 0.2) is 25.3 Å². The van der Waals surface area contributed by atoms with Crippen molar-refractivity contribution in [1.82, 2.24) is 9.80 Å². The number of unbranched alkanes of at least 4 members (excludes halogenated alkanes) is 1. The summed E-state index contributed by atoms with van der Waals surface area (Å²) in [5, 5.41) is 0. The molecule has 2 heterocycles. The van der Waals surface area contributed by atoms with E-state index in [1.165, 1.54) is 0 Å². The molecular weight excluding hydrogens is 412 g/mol. The van der Waals surface area contributed by atoms with Crippen LogP contribution in [0.4, 0.5) is 0 Å². The third-order valence-corrected chi connectivity index (χ3v) is 5.99. The molecule has 8 heteroatoms. The number of hydrogen-bond donors (Lipinski definition) is 0. The Morgan fingerprint density at radius 2 is 1.50 bits per heavy atom. The van der Waals surface area contributed by atoms with Crippen molar-refractivity contribution in [1.29, 1.82) is 0 Å². The van der Waals surface area contributed by atoms with Gasteiger partial charge in [-0.3, -0.25) is 14.5 Å². The zero-order valence-electron chi connectivity index (χ0n) is 18.9. The molecule has 8 nitrogen and oxygen atoms in total. The van der Waals surface area contributed by atoms with Gasteiger partial charge >= 0.3 is 11.9 Å². The Morgan fingerprint density at radius 3 is 2.12 bits per heavy atom. The van der Waals surface area contributed by atoms with Gasteiger partial charge in [0.15, 0.2) is 0 Å². The number of amides is 1. The monoisotopic (exact) mass is 448 g/mol. The third kappa shape index (κ3) is 7.02. The molecule has 1 unspecified atom stereocenters. The first-order valence-electron chi connectivity index (χ1n) is 11.6. The molecule has 0 aromatic heterocycles. The van der Waals surface area contributed by atoms with Crippen molar-refractivity contribution in [3.63, 3.8) is 0 Å². The Hall–Kier alpha value is -2.48. The van der Waals surface area contributed by atoms with Crippen LogP contribution in [0.2, 0.25) is 0 Å². The lowest BCUT2D eigenvalue weighted by atomic mass is 10.0. The molecule has 2 aliphatic heterocycles. The molecule has 32 heavy (non-hydrogen) atoms. The van der Waals surface area contributed by atoms with Crippen molar-refractivity contribution in [2.75, 3.05) is 26.3 Å². The molecule has 2 fully saturated rings. The molecule has 0 aromatic rings. The van der Waals surface area contributed by atoms with E-state index in [0.717, 1.165) is 19.1 Å². The van der Waals surface area contributed by atoms with E-state index in [1.807, 2.05) is 4.90 Å². The molecular formula is C24H36N2O6. The van der Waals surface area contributed by atoms with Crippen molar-refractivity contribution in [3.8, 4) is 0 Å². The number of carbonyl (C=O) groups is 4. The molecule has 2 rings (SSSR count). The van der Waals surface area contributed by atoms with E-state index < -0.39 is 24.1 Å². The van der Waals surface area contributed by atoms with Gasteiger partial charge in [-0.05, 0) is 57.9 Å². The molecule has 178 valence electrons. The third-order valence-electron chi connectivity index (χ3n) is 5.99. The average Bonchev–Trinajstić information content (AvgIpc) is 3.46. The second-order valence-corrected chi connectivity index (χ2v) is 8.19. The number of aldehydes is 1. The summed E-state index contributed by atoms with van der Waals surface area (Å²) in [6.07, 6.45) is 9.36. The van der Waals surface area contributed by atoms with E-state index in [2.05, 4.69) is 13.2 Å². The molecule has 0 spiro atoms. The van der Waals surface area contributed by atoms with Gasteiger partial charge in [0.1, 0.15) is 18.4 Å². The fraction of sp³-hybridized carbons (Fsp3) is 0.667. The highest BCUT2D eigenvalue weighted by molar-refractivity contribution is 5.89. The minimum Gasteiger partial charge on any atom is -0.464 e. The van der Waals surface area contributed by atoms with Crippen molar-refractivity contribution < 1.29 is 28.7 Å². The lowest BCUT2D eigenvalue weighted by Crippen LogP contribution is -2.54. The molecule has 1 amide bonds. The summed E-state index contributed by atoms with van der Waals surface area (Å²) in [6, 6.07) is -1.68. The van der Waals surface area contributed by atoms with E-state index in [-0.39, 0.29) is 25.1 Å². The maximum atomic E-state index is 13.6. The largest absolute Gasteiger partial charge is 0.464 e. The minimum atomic E-state index is -0.610. The van der Waals surface area contributed by atoms with Crippen LogP contribution in [0.3, 0.4) is 0 Å². The summed E-state index contributed by atoms with van der Waals surface area (Å²) in [5.41, 5.74) is 0. The predicted octanol–water partition coefficient (Wildman–Crippen LogP) is 2.42. The van der Waals surface area contributed by atoms with Crippen LogP contribution < -0.4 is 0 Å². The van der Waals surface area contributed by atoms with Gasteiger partial charge in [-0.25, -0.2) is 4.79 Å². The van der Waals surface area contributed by atoms with Gasteiger partial charge in [0, 0.05) is 13.0 Å². The molecule has 0 aromatic carbocycles. The van der Waals surface area contributed by atoms with Gasteiger partial charge in [0.25, 0.3) is 0 Å². The Morgan fingerprint density at radius 1 is 0.906 bits per heavy atom. The van der Waals surface area contributed by atoms with Crippen LogP contribution in [0.1, 0.15) is 57.8 Å². The van der Waals surface area contributed by atoms with E-state index in [4.69, 9.17) is 9.47 Å². The lowest BCUT2D eigenvalue weighted by molar-refractivity contribution is -0.157. The summed E-state index contributed by atoms with van der Waals surface area (Å²) in [7, 11) is 0. The van der Waals surface area contributed by atoms with Crippen molar-refractivity contribution in [2.45, 2.75) is 75.9 Å². The molecule has 0 radical (unpaired) electrons. The Labute approximate surface area is 190 Å². The summed E-state index contributed by atoms with van der Waals surface area (Å²) in [6.45, 7) is 8.83. The molecule has 0 N–H and O–H groups in total. The van der Waals surface area contributed by atoms with E-state index in [1.54, 1.807) is 17.1 Å². The number of likely N-dealkylation sites (tertiary alicyclic amines) is 2. The number of hydrogen-bond acceptors (Lipinski definition) is 7. The molecule has 2 aliphatic rings. The Bertz CT molecular complexity index is 679. The number of nitrogens with zero attached hydrogens (tertiary/aromatic N) is 2. The fourth-order valence-electron chi connectivity index (χ4n) is 4.39. The van der Waals surface area contributed by atoms with Crippen molar-refractivity contribution in [2.24, 2.45) is 0 Å². The highest BCUT2D eigenvalue weighted by Crippen LogP contribution is 2.28. The number of carbonyl (C=O) groups excluding carboxylic acids is 4. The smallest absolute Gasteiger partial charge is 0.328 e. The normalized spacial score (nSPS) is 21.7. The highest BCUT2D eigenvalue weighted by Gasteiger charge is 2.44. The molecule has 0 saturated carbocycles. The van der Waals surface area contributed by atoms with Gasteiger partial charge in [0.05, 0.1) is 19.3 Å². The zero-order chi connectivity index (χ0) is 23.3. The van der Waals surface area contributed by atoms with E-state index >= 15 is 0 Å². The van der Waals surface area contributed by atoms with E-state index in [9.17, 15) is 19.2 Å². The Balaban J connectivity index is 2.13. The molecule has 0 bridgehead atoms. The highest BCUT2D eigenvalue weighted by atomic mass is 16.5. The topological polar surface area (TPSA) is 93.2 Å². The Kier molecular flexibility index (Phi) is 11.1. The average molecular weight is 449 g/mol. The van der Waals surface area contributed by atoms with Gasteiger partial charge in [-0.15, -0.1) is 13.2 Å². The molecule has 2 saturated heterocycles. The summed E-state index contributed by atoms with van der Waals surface area (Å²) >= 11 is 0. The first-order chi connectivity index (χ1) is 15.5. The molecule has 3 atom stereocenters. The van der Waals surface area contributed by atoms with Crippen molar-refractivity contribution in [3.05, 3.63) is 25.3 Å². The first-order valence-corrected chi connectivity index (χ1v) is 11.6. The van der Waals surface area contributed by atoms with Crippen LogP contribution in [-0.2, 0) is 28.7 Å². The summed E-state index contributed by atoms with van der Waals surface area (Å²) in [4.78, 5) is 53.2. The van der Waals surface area contributed by atoms with Crippen LogP contribution in [0, 0.1) is 0 Å². The summed E-state index contributed by atoms with van der Waals surface area (Å²) in [5.74, 6) is -0.907. The number of esters is 2. The predicted molar refractivity (Wildman–Crippen MR) is 120 cm³/mol. The SMILES string of the molecule is C=CCCOC(=O)[C@H]1CCCN1C(=O)C(CCCC=O)N1CCC[C@@H]1C(=O)OCCC=C. The van der Waals surface area contributed by atoms with Gasteiger partial charge < -0.3 is 19.2 Å². The number of ether oxygens (including phenoxy) is 2. The maximum Gasteiger partial charge on any atom is 0.328 e. The van der Waals surface area contributed by atoms with Gasteiger partial charge in [-0.2, -0.15) is 0 Å². The second kappa shape index (κ2) is 13.8. The maximum absolute atomic E-state index is 13.6. The minimum absolute atomic E-state index is 0.176.